The summed E-state index contributed by atoms with van der Waals surface area (Å²) < 4.78 is 5.66. The van der Waals surface area contributed by atoms with Crippen molar-refractivity contribution < 1.29 is 9.53 Å². The third-order valence-electron chi connectivity index (χ3n) is 3.38. The molecule has 1 aromatic carbocycles. The molecule has 0 unspecified atom stereocenters. The molecule has 4 nitrogen and oxygen atoms in total. The number of amides is 1. The monoisotopic (exact) mass is 262 g/mol. The van der Waals surface area contributed by atoms with Gasteiger partial charge in [-0.05, 0) is 25.5 Å². The van der Waals surface area contributed by atoms with E-state index in [1.165, 1.54) is 0 Å². The minimum atomic E-state index is 0.0563. The van der Waals surface area contributed by atoms with Crippen molar-refractivity contribution in [2.75, 3.05) is 20.2 Å². The number of nitrogens with one attached hydrogen (secondary N) is 1. The second-order valence-corrected chi connectivity index (χ2v) is 4.91. The minimum absolute atomic E-state index is 0.0563. The van der Waals surface area contributed by atoms with Crippen LogP contribution in [-0.4, -0.2) is 37.0 Å². The van der Waals surface area contributed by atoms with Gasteiger partial charge in [0.25, 0.3) is 5.91 Å². The largest absolute Gasteiger partial charge is 0.483 e. The summed E-state index contributed by atoms with van der Waals surface area (Å²) in [6, 6.07) is 8.29. The number of likely N-dealkylation sites (N-methyl/N-ethyl adjacent to an activating group) is 1. The van der Waals surface area contributed by atoms with Gasteiger partial charge in [0, 0.05) is 25.2 Å². The number of benzene rings is 1. The van der Waals surface area contributed by atoms with Gasteiger partial charge in [-0.25, -0.2) is 0 Å². The third-order valence-corrected chi connectivity index (χ3v) is 3.38. The molecule has 0 aromatic heterocycles. The van der Waals surface area contributed by atoms with E-state index in [4.69, 9.17) is 4.74 Å². The number of carbonyl (C=O) groups is 1. The van der Waals surface area contributed by atoms with E-state index in [2.05, 4.69) is 12.2 Å². The molecule has 0 saturated heterocycles. The predicted molar refractivity (Wildman–Crippen MR) is 75.1 cm³/mol. The first-order valence-corrected chi connectivity index (χ1v) is 6.89. The second-order valence-electron chi connectivity index (χ2n) is 4.91. The Kier molecular flexibility index (Phi) is 4.80. The Morgan fingerprint density at radius 1 is 1.42 bits per heavy atom. The number of hydrogen-bond donors (Lipinski definition) is 1. The lowest BCUT2D eigenvalue weighted by atomic mass is 10.2. The van der Waals surface area contributed by atoms with E-state index in [1.807, 2.05) is 31.3 Å². The summed E-state index contributed by atoms with van der Waals surface area (Å²) in [7, 11) is 1.86. The van der Waals surface area contributed by atoms with E-state index in [0.29, 0.717) is 6.04 Å². The quantitative estimate of drug-likeness (QED) is 0.814. The molecule has 0 spiro atoms. The number of hydrogen-bond acceptors (Lipinski definition) is 3. The number of carbonyl (C=O) groups excluding carboxylic acids is 1. The van der Waals surface area contributed by atoms with Crippen molar-refractivity contribution in [2.45, 2.75) is 32.4 Å². The molecule has 19 heavy (non-hydrogen) atoms. The van der Waals surface area contributed by atoms with Crippen LogP contribution in [0.15, 0.2) is 24.3 Å². The van der Waals surface area contributed by atoms with Crippen LogP contribution >= 0.6 is 0 Å². The van der Waals surface area contributed by atoms with Crippen LogP contribution in [0.2, 0.25) is 0 Å². The summed E-state index contributed by atoms with van der Waals surface area (Å²) in [6.45, 7) is 3.87. The Labute approximate surface area is 114 Å². The van der Waals surface area contributed by atoms with Gasteiger partial charge in [0.2, 0.25) is 0 Å². The molecule has 1 aliphatic carbocycles. The third kappa shape index (κ3) is 3.96. The zero-order chi connectivity index (χ0) is 13.7. The van der Waals surface area contributed by atoms with Crippen molar-refractivity contribution >= 4 is 5.91 Å². The second kappa shape index (κ2) is 6.57. The highest BCUT2D eigenvalue weighted by Gasteiger charge is 2.29. The Hall–Kier alpha value is -1.55. The molecule has 0 bridgehead atoms. The molecule has 0 atom stereocenters. The topological polar surface area (TPSA) is 41.6 Å². The summed E-state index contributed by atoms with van der Waals surface area (Å²) in [5.41, 5.74) is 1.09. The fraction of sp³-hybridized carbons (Fsp3) is 0.533. The average Bonchev–Trinajstić information content (AvgIpc) is 3.27. The molecule has 104 valence electrons. The Balaban J connectivity index is 1.89. The van der Waals surface area contributed by atoms with Crippen molar-refractivity contribution in [1.82, 2.24) is 10.2 Å². The highest BCUT2D eigenvalue weighted by molar-refractivity contribution is 5.78. The summed E-state index contributed by atoms with van der Waals surface area (Å²) in [4.78, 5) is 13.7. The summed E-state index contributed by atoms with van der Waals surface area (Å²) in [5, 5.41) is 3.27. The number of rotatable bonds is 7. The van der Waals surface area contributed by atoms with Crippen LogP contribution in [-0.2, 0) is 11.3 Å². The molecule has 1 N–H and O–H groups in total. The average molecular weight is 262 g/mol. The van der Waals surface area contributed by atoms with Crippen LogP contribution in [0.1, 0.15) is 25.3 Å². The van der Waals surface area contributed by atoms with Crippen LogP contribution in [0.25, 0.3) is 0 Å². The summed E-state index contributed by atoms with van der Waals surface area (Å²) >= 11 is 0. The molecule has 4 heteroatoms. The standard InChI is InChI=1S/C15H22N2O2/c1-3-16-10-12-6-4-5-7-14(12)19-11-15(18)17(2)13-8-9-13/h4-7,13,16H,3,8-11H2,1-2H3. The molecule has 2 rings (SSSR count). The molecule has 0 radical (unpaired) electrons. The lowest BCUT2D eigenvalue weighted by Gasteiger charge is -2.17. The van der Waals surface area contributed by atoms with Crippen LogP contribution in [0.5, 0.6) is 5.75 Å². The van der Waals surface area contributed by atoms with Gasteiger partial charge < -0.3 is 15.0 Å². The van der Waals surface area contributed by atoms with E-state index in [-0.39, 0.29) is 12.5 Å². The molecular formula is C15H22N2O2. The zero-order valence-electron chi connectivity index (χ0n) is 11.7. The number of para-hydroxylation sites is 1. The molecular weight excluding hydrogens is 240 g/mol. The Morgan fingerprint density at radius 3 is 2.84 bits per heavy atom. The zero-order valence-corrected chi connectivity index (χ0v) is 11.7. The van der Waals surface area contributed by atoms with Crippen LogP contribution in [0.4, 0.5) is 0 Å². The van der Waals surface area contributed by atoms with Crippen molar-refractivity contribution in [3.8, 4) is 5.75 Å². The van der Waals surface area contributed by atoms with Crippen molar-refractivity contribution in [2.24, 2.45) is 0 Å². The van der Waals surface area contributed by atoms with Gasteiger partial charge in [-0.1, -0.05) is 25.1 Å². The van der Waals surface area contributed by atoms with Crippen molar-refractivity contribution in [3.05, 3.63) is 29.8 Å². The lowest BCUT2D eigenvalue weighted by molar-refractivity contribution is -0.132. The highest BCUT2D eigenvalue weighted by Crippen LogP contribution is 2.25. The van der Waals surface area contributed by atoms with Crippen LogP contribution in [0.3, 0.4) is 0 Å². The first-order chi connectivity index (χ1) is 9.22. The maximum absolute atomic E-state index is 11.9. The summed E-state index contributed by atoms with van der Waals surface area (Å²) in [6.07, 6.45) is 2.25. The molecule has 0 aliphatic heterocycles. The minimum Gasteiger partial charge on any atom is -0.483 e. The smallest absolute Gasteiger partial charge is 0.260 e. The van der Waals surface area contributed by atoms with Gasteiger partial charge in [-0.15, -0.1) is 0 Å². The molecule has 1 fully saturated rings. The van der Waals surface area contributed by atoms with Gasteiger partial charge in [0.1, 0.15) is 5.75 Å². The molecule has 1 saturated carbocycles. The molecule has 1 aliphatic rings. The lowest BCUT2D eigenvalue weighted by Crippen LogP contribution is -2.33. The van der Waals surface area contributed by atoms with E-state index in [0.717, 1.165) is 37.2 Å². The maximum atomic E-state index is 11.9. The first-order valence-electron chi connectivity index (χ1n) is 6.89. The SMILES string of the molecule is CCNCc1ccccc1OCC(=O)N(C)C1CC1. The van der Waals surface area contributed by atoms with Crippen LogP contribution < -0.4 is 10.1 Å². The van der Waals surface area contributed by atoms with E-state index >= 15 is 0 Å². The van der Waals surface area contributed by atoms with Gasteiger partial charge in [-0.3, -0.25) is 4.79 Å². The number of nitrogens with zero attached hydrogens (tertiary/aromatic N) is 1. The molecule has 1 amide bonds. The van der Waals surface area contributed by atoms with Gasteiger partial charge in [0.15, 0.2) is 6.61 Å². The van der Waals surface area contributed by atoms with Crippen LogP contribution in [0, 0.1) is 0 Å². The van der Waals surface area contributed by atoms with Gasteiger partial charge >= 0.3 is 0 Å². The van der Waals surface area contributed by atoms with Gasteiger partial charge in [0.05, 0.1) is 0 Å². The molecule has 1 aromatic rings. The Morgan fingerprint density at radius 2 is 2.16 bits per heavy atom. The predicted octanol–water partition coefficient (Wildman–Crippen LogP) is 1.80. The van der Waals surface area contributed by atoms with Crippen molar-refractivity contribution in [3.63, 3.8) is 0 Å². The number of ether oxygens (including phenoxy) is 1. The summed E-state index contributed by atoms with van der Waals surface area (Å²) in [5.74, 6) is 0.849. The van der Waals surface area contributed by atoms with Gasteiger partial charge in [-0.2, -0.15) is 0 Å². The fourth-order valence-electron chi connectivity index (χ4n) is 1.96. The maximum Gasteiger partial charge on any atom is 0.260 e. The fourth-order valence-corrected chi connectivity index (χ4v) is 1.96. The van der Waals surface area contributed by atoms with E-state index < -0.39 is 0 Å². The van der Waals surface area contributed by atoms with E-state index in [1.54, 1.807) is 4.90 Å². The first kappa shape index (κ1) is 13.9. The highest BCUT2D eigenvalue weighted by atomic mass is 16.5. The molecule has 0 heterocycles. The van der Waals surface area contributed by atoms with Crippen molar-refractivity contribution in [1.29, 1.82) is 0 Å². The normalized spacial score (nSPS) is 14.2. The Bertz CT molecular complexity index is 430. The van der Waals surface area contributed by atoms with E-state index in [9.17, 15) is 4.79 Å².